The first-order valence-corrected chi connectivity index (χ1v) is 20.8. The van der Waals surface area contributed by atoms with Crippen molar-refractivity contribution in [2.24, 2.45) is 0 Å². The van der Waals surface area contributed by atoms with Gasteiger partial charge in [0.15, 0.2) is 0 Å². The maximum atomic E-state index is 7.17. The number of hydrogen-bond donors (Lipinski definition) is 0. The second-order valence-corrected chi connectivity index (χ2v) is 16.9. The summed E-state index contributed by atoms with van der Waals surface area (Å²) in [6, 6.07) is 22.0. The summed E-state index contributed by atoms with van der Waals surface area (Å²) in [5, 5.41) is 3.30. The molecule has 0 saturated carbocycles. The van der Waals surface area contributed by atoms with E-state index in [1.807, 2.05) is 60.7 Å². The highest BCUT2D eigenvalue weighted by Crippen LogP contribution is 2.41. The molecule has 0 amide bonds. The second kappa shape index (κ2) is 16.5. The standard InChI is InChI=1S/C48H11B19O/c49-28-24(37(58)45(66)47-26(28)27-38(59)43(64)44(65)46(67)48(27)68-47)25-35(56)33(54)23(34(55)36(25)57)18-21-19(29(50)39(60)41(62)31(21)52)17(20-22(18)32(53)42(63)40(61)30(20)51)16-9-8-14-10-13(6-7-15(14)11-16)12-4-2-1-3-5-12/h1-11H. The summed E-state index contributed by atoms with van der Waals surface area (Å²) in [5.41, 5.74) is 2.81. The Labute approximate surface area is 420 Å². The lowest BCUT2D eigenvalue weighted by atomic mass is 9.56. The topological polar surface area (TPSA) is 13.1 Å². The number of benzene rings is 9. The van der Waals surface area contributed by atoms with Crippen molar-refractivity contribution < 1.29 is 4.42 Å². The van der Waals surface area contributed by atoms with Gasteiger partial charge in [0, 0.05) is 10.8 Å². The van der Waals surface area contributed by atoms with Crippen LogP contribution in [-0.2, 0) is 0 Å². The van der Waals surface area contributed by atoms with Gasteiger partial charge in [0.25, 0.3) is 0 Å². The average molecular weight is 809 g/mol. The summed E-state index contributed by atoms with van der Waals surface area (Å²) >= 11 is 0. The molecule has 0 spiro atoms. The number of rotatable bonds is 4. The highest BCUT2D eigenvalue weighted by molar-refractivity contribution is 6.74. The van der Waals surface area contributed by atoms with Gasteiger partial charge < -0.3 is 4.42 Å². The molecule has 68 heavy (non-hydrogen) atoms. The van der Waals surface area contributed by atoms with Gasteiger partial charge in [0.05, 0.1) is 0 Å². The predicted molar refractivity (Wildman–Crippen MR) is 310 cm³/mol. The lowest BCUT2D eigenvalue weighted by Crippen LogP contribution is -2.51. The molecule has 1 aromatic heterocycles. The Morgan fingerprint density at radius 1 is 0.221 bits per heavy atom. The van der Waals surface area contributed by atoms with E-state index >= 15 is 0 Å². The average Bonchev–Trinajstić information content (AvgIpc) is 3.75. The lowest BCUT2D eigenvalue weighted by molar-refractivity contribution is 0.675. The molecule has 0 fully saturated rings. The van der Waals surface area contributed by atoms with Crippen LogP contribution in [0.5, 0.6) is 0 Å². The van der Waals surface area contributed by atoms with Crippen LogP contribution >= 0.6 is 0 Å². The zero-order valence-corrected chi connectivity index (χ0v) is 36.2. The predicted octanol–water partition coefficient (Wildman–Crippen LogP) is -9.20. The molecular weight excluding hydrogens is 798 g/mol. The van der Waals surface area contributed by atoms with Crippen molar-refractivity contribution in [3.8, 4) is 44.5 Å². The molecule has 9 aromatic carbocycles. The highest BCUT2D eigenvalue weighted by Gasteiger charge is 2.29. The maximum Gasteiger partial charge on any atom is 0.127 e. The minimum absolute atomic E-state index is 0.000894. The van der Waals surface area contributed by atoms with Gasteiger partial charge in [-0.05, 0) is 89.0 Å². The van der Waals surface area contributed by atoms with E-state index in [1.54, 1.807) is 0 Å². The molecule has 0 unspecified atom stereocenters. The van der Waals surface area contributed by atoms with Crippen molar-refractivity contribution in [1.29, 1.82) is 0 Å². The highest BCUT2D eigenvalue weighted by atomic mass is 16.3. The molecule has 0 atom stereocenters. The van der Waals surface area contributed by atoms with Gasteiger partial charge in [0.2, 0.25) is 0 Å². The van der Waals surface area contributed by atoms with E-state index in [4.69, 9.17) is 153 Å². The molecule has 0 bridgehead atoms. The third-order valence-electron chi connectivity index (χ3n) is 13.3. The molecule has 0 N–H and O–H groups in total. The Balaban J connectivity index is 1.34. The van der Waals surface area contributed by atoms with Gasteiger partial charge in [0.1, 0.15) is 160 Å². The van der Waals surface area contributed by atoms with Crippen molar-refractivity contribution in [3.05, 3.63) is 66.7 Å². The smallest absolute Gasteiger partial charge is 0.127 e. The summed E-state index contributed by atoms with van der Waals surface area (Å²) in [7, 11) is 129. The number of furan rings is 1. The fraction of sp³-hybridized carbons (Fsp3) is 0. The number of fused-ring (bicyclic) bond motifs is 6. The van der Waals surface area contributed by atoms with Crippen LogP contribution in [0.15, 0.2) is 71.1 Å². The molecule has 0 aliphatic heterocycles. The Kier molecular flexibility index (Phi) is 11.3. The molecule has 1 heterocycles. The SMILES string of the molecule is [B]c1c([B])c(-c2c3c([B])c([B])c([B])c([B])c3c(-c3ccc4cc(-c5ccccc5)ccc4c3)c3c([B])c([B])c([B])c([B])c23)c([B])c([B])c1-c1c([B])c([B])c2oc3c([B])c([B])c([B])c([B])c3c2c1[B]. The van der Waals surface area contributed by atoms with Gasteiger partial charge in [-0.3, -0.25) is 0 Å². The van der Waals surface area contributed by atoms with Crippen molar-refractivity contribution in [3.63, 3.8) is 0 Å². The number of hydrogen-bond acceptors (Lipinski definition) is 1. The molecular formula is C48H11B19O. The summed E-state index contributed by atoms with van der Waals surface area (Å²) in [5.74, 6) is 0. The summed E-state index contributed by atoms with van der Waals surface area (Å²) in [6.07, 6.45) is 0. The third-order valence-corrected chi connectivity index (χ3v) is 13.3. The minimum atomic E-state index is -0.146. The van der Waals surface area contributed by atoms with Crippen LogP contribution in [0, 0.1) is 0 Å². The molecule has 20 heteroatoms. The van der Waals surface area contributed by atoms with Gasteiger partial charge in [-0.2, -0.15) is 0 Å². The second-order valence-electron chi connectivity index (χ2n) is 16.9. The van der Waals surface area contributed by atoms with E-state index in [0.717, 1.165) is 21.9 Å². The first-order valence-electron chi connectivity index (χ1n) is 20.8. The van der Waals surface area contributed by atoms with Crippen molar-refractivity contribution in [1.82, 2.24) is 0 Å². The van der Waals surface area contributed by atoms with E-state index in [1.165, 1.54) is 0 Å². The minimum Gasteiger partial charge on any atom is -0.457 e. The third kappa shape index (κ3) is 6.36. The van der Waals surface area contributed by atoms with Crippen molar-refractivity contribution in [2.45, 2.75) is 0 Å². The summed E-state index contributed by atoms with van der Waals surface area (Å²) in [4.78, 5) is 0. The van der Waals surface area contributed by atoms with Gasteiger partial charge in [-0.25, -0.2) is 0 Å². The van der Waals surface area contributed by atoms with E-state index in [0.29, 0.717) is 21.9 Å². The van der Waals surface area contributed by atoms with Crippen LogP contribution in [0.2, 0.25) is 0 Å². The van der Waals surface area contributed by atoms with Crippen LogP contribution in [0.25, 0.3) is 98.8 Å². The maximum absolute atomic E-state index is 7.17. The van der Waals surface area contributed by atoms with Crippen LogP contribution in [0.4, 0.5) is 0 Å². The molecule has 10 rings (SSSR count). The van der Waals surface area contributed by atoms with E-state index < -0.39 is 0 Å². The molecule has 266 valence electrons. The van der Waals surface area contributed by atoms with Gasteiger partial charge in [-0.1, -0.05) is 126 Å². The van der Waals surface area contributed by atoms with Crippen LogP contribution in [-0.4, -0.2) is 149 Å². The zero-order valence-electron chi connectivity index (χ0n) is 36.2. The molecule has 38 radical (unpaired) electrons. The molecule has 1 nitrogen and oxygen atoms in total. The van der Waals surface area contributed by atoms with Gasteiger partial charge in [-0.15, -0.1) is 32.8 Å². The quantitative estimate of drug-likeness (QED) is 0.128. The molecule has 0 aliphatic carbocycles. The Morgan fingerprint density at radius 3 is 1.01 bits per heavy atom. The molecule has 0 aliphatic rings. The zero-order chi connectivity index (χ0) is 48.8. The fourth-order valence-electron chi connectivity index (χ4n) is 9.73. The van der Waals surface area contributed by atoms with E-state index in [-0.39, 0.29) is 159 Å². The molecule has 0 saturated heterocycles. The normalized spacial score (nSPS) is 11.8. The Morgan fingerprint density at radius 2 is 0.544 bits per heavy atom. The van der Waals surface area contributed by atoms with E-state index in [9.17, 15) is 0 Å². The van der Waals surface area contributed by atoms with Gasteiger partial charge >= 0.3 is 0 Å². The largest absolute Gasteiger partial charge is 0.457 e. The summed E-state index contributed by atoms with van der Waals surface area (Å²) < 4.78 is 6.09. The van der Waals surface area contributed by atoms with Crippen LogP contribution < -0.4 is 104 Å². The van der Waals surface area contributed by atoms with Crippen molar-refractivity contribution in [2.75, 3.05) is 0 Å². The first-order chi connectivity index (χ1) is 32.2. The van der Waals surface area contributed by atoms with Crippen LogP contribution in [0.1, 0.15) is 0 Å². The first kappa shape index (κ1) is 46.5. The van der Waals surface area contributed by atoms with E-state index in [2.05, 4.69) is 6.07 Å². The Bertz CT molecular complexity index is 3850. The van der Waals surface area contributed by atoms with Crippen LogP contribution in [0.3, 0.4) is 0 Å². The van der Waals surface area contributed by atoms with Crippen molar-refractivity contribution >= 4 is 307 Å². The fourth-order valence-corrected chi connectivity index (χ4v) is 9.73. The lowest BCUT2D eigenvalue weighted by Gasteiger charge is -2.32. The molecule has 10 aromatic rings. The Hall–Kier alpha value is -5.21. The summed E-state index contributed by atoms with van der Waals surface area (Å²) in [6.45, 7) is 0. The monoisotopic (exact) mass is 812 g/mol.